The number of aromatic nitrogens is 1. The predicted molar refractivity (Wildman–Crippen MR) is 91.6 cm³/mol. The van der Waals surface area contributed by atoms with Gasteiger partial charge in [-0.2, -0.15) is 0 Å². The van der Waals surface area contributed by atoms with Gasteiger partial charge in [0, 0.05) is 33.0 Å². The lowest BCUT2D eigenvalue weighted by Gasteiger charge is -2.08. The third kappa shape index (κ3) is 5.71. The molecule has 23 heavy (non-hydrogen) atoms. The van der Waals surface area contributed by atoms with Crippen LogP contribution in [-0.4, -0.2) is 31.2 Å². The number of ether oxygens (including phenoxy) is 1. The van der Waals surface area contributed by atoms with Crippen LogP contribution in [0, 0.1) is 6.92 Å². The molecule has 0 atom stereocenters. The highest BCUT2D eigenvalue weighted by molar-refractivity contribution is 5.94. The zero-order chi connectivity index (χ0) is 16.5. The number of hydrogen-bond donors (Lipinski definition) is 2. The van der Waals surface area contributed by atoms with Gasteiger partial charge >= 0.3 is 0 Å². The van der Waals surface area contributed by atoms with Crippen molar-refractivity contribution in [3.05, 3.63) is 59.3 Å². The first-order chi connectivity index (χ1) is 11.2. The Morgan fingerprint density at radius 2 is 2.13 bits per heavy atom. The number of methoxy groups -OCH3 is 1. The highest BCUT2D eigenvalue weighted by Crippen LogP contribution is 2.09. The summed E-state index contributed by atoms with van der Waals surface area (Å²) in [6.45, 7) is 4.01. The topological polar surface area (TPSA) is 63.2 Å². The van der Waals surface area contributed by atoms with Crippen LogP contribution in [0.3, 0.4) is 0 Å². The van der Waals surface area contributed by atoms with Crippen molar-refractivity contribution in [2.75, 3.05) is 25.6 Å². The highest BCUT2D eigenvalue weighted by atomic mass is 16.5. The van der Waals surface area contributed by atoms with E-state index < -0.39 is 0 Å². The van der Waals surface area contributed by atoms with Gasteiger partial charge in [0.25, 0.3) is 5.91 Å². The molecule has 1 aromatic carbocycles. The average molecular weight is 313 g/mol. The third-order valence-electron chi connectivity index (χ3n) is 3.39. The molecule has 0 spiro atoms. The molecule has 2 aromatic rings. The Morgan fingerprint density at radius 3 is 2.83 bits per heavy atom. The van der Waals surface area contributed by atoms with Crippen LogP contribution in [0.5, 0.6) is 0 Å². The molecule has 122 valence electrons. The van der Waals surface area contributed by atoms with Crippen LogP contribution in [0.2, 0.25) is 0 Å². The fraction of sp³-hybridized carbons (Fsp3) is 0.333. The number of benzene rings is 1. The molecule has 0 aliphatic carbocycles. The van der Waals surface area contributed by atoms with Crippen LogP contribution >= 0.6 is 0 Å². The summed E-state index contributed by atoms with van der Waals surface area (Å²) in [6, 6.07) is 11.9. The summed E-state index contributed by atoms with van der Waals surface area (Å²) in [4.78, 5) is 16.2. The van der Waals surface area contributed by atoms with Crippen LogP contribution in [0.4, 0.5) is 5.82 Å². The smallest absolute Gasteiger partial charge is 0.252 e. The number of anilines is 1. The summed E-state index contributed by atoms with van der Waals surface area (Å²) in [5.41, 5.74) is 2.99. The van der Waals surface area contributed by atoms with Crippen molar-refractivity contribution in [1.82, 2.24) is 10.3 Å². The molecular weight excluding hydrogens is 290 g/mol. The molecule has 2 N–H and O–H groups in total. The lowest BCUT2D eigenvalue weighted by atomic mass is 10.1. The minimum Gasteiger partial charge on any atom is -0.385 e. The van der Waals surface area contributed by atoms with Crippen molar-refractivity contribution < 1.29 is 9.53 Å². The van der Waals surface area contributed by atoms with Gasteiger partial charge in [0.2, 0.25) is 0 Å². The first-order valence-corrected chi connectivity index (χ1v) is 7.71. The minimum atomic E-state index is -0.112. The molecular formula is C18H23N3O2. The summed E-state index contributed by atoms with van der Waals surface area (Å²) in [6.07, 6.45) is 2.38. The molecule has 1 aromatic heterocycles. The van der Waals surface area contributed by atoms with E-state index in [0.29, 0.717) is 25.3 Å². The number of aryl methyl sites for hydroxylation is 1. The highest BCUT2D eigenvalue weighted by Gasteiger charge is 2.05. The molecule has 0 bridgehead atoms. The second-order valence-electron chi connectivity index (χ2n) is 5.38. The van der Waals surface area contributed by atoms with Crippen molar-refractivity contribution in [1.29, 1.82) is 0 Å². The van der Waals surface area contributed by atoms with E-state index >= 15 is 0 Å². The molecule has 0 aliphatic rings. The van der Waals surface area contributed by atoms with Crippen LogP contribution < -0.4 is 10.6 Å². The molecule has 0 aliphatic heterocycles. The van der Waals surface area contributed by atoms with Gasteiger partial charge in [-0.15, -0.1) is 0 Å². The fourth-order valence-electron chi connectivity index (χ4n) is 2.17. The van der Waals surface area contributed by atoms with Gasteiger partial charge in [-0.25, -0.2) is 4.98 Å². The molecule has 0 saturated carbocycles. The Bertz CT molecular complexity index is 626. The van der Waals surface area contributed by atoms with E-state index in [1.54, 1.807) is 19.4 Å². The Balaban J connectivity index is 1.83. The van der Waals surface area contributed by atoms with E-state index in [1.807, 2.05) is 12.1 Å². The molecule has 0 radical (unpaired) electrons. The summed E-state index contributed by atoms with van der Waals surface area (Å²) < 4.78 is 4.94. The van der Waals surface area contributed by atoms with Crippen LogP contribution in [0.1, 0.15) is 27.9 Å². The number of carbonyl (C=O) groups excluding carboxylic acids is 1. The average Bonchev–Trinajstić information content (AvgIpc) is 2.57. The lowest BCUT2D eigenvalue weighted by Crippen LogP contribution is -2.25. The maximum absolute atomic E-state index is 11.9. The predicted octanol–water partition coefficient (Wildman–Crippen LogP) is 2.77. The Kier molecular flexibility index (Phi) is 6.56. The number of hydrogen-bond acceptors (Lipinski definition) is 4. The van der Waals surface area contributed by atoms with E-state index in [-0.39, 0.29) is 5.91 Å². The number of carbonyl (C=O) groups is 1. The van der Waals surface area contributed by atoms with Crippen LogP contribution in [0.15, 0.2) is 42.6 Å². The van der Waals surface area contributed by atoms with E-state index in [2.05, 4.69) is 40.7 Å². The molecule has 5 nitrogen and oxygen atoms in total. The first-order valence-electron chi connectivity index (χ1n) is 7.71. The van der Waals surface area contributed by atoms with Crippen molar-refractivity contribution in [3.63, 3.8) is 0 Å². The number of nitrogens with zero attached hydrogens (tertiary/aromatic N) is 1. The van der Waals surface area contributed by atoms with Gasteiger partial charge in [0.15, 0.2) is 0 Å². The minimum absolute atomic E-state index is 0.112. The maximum atomic E-state index is 11.9. The second-order valence-corrected chi connectivity index (χ2v) is 5.38. The zero-order valence-electron chi connectivity index (χ0n) is 13.6. The van der Waals surface area contributed by atoms with Crippen molar-refractivity contribution >= 4 is 11.7 Å². The van der Waals surface area contributed by atoms with Gasteiger partial charge in [-0.05, 0) is 31.0 Å². The van der Waals surface area contributed by atoms with Gasteiger partial charge in [0.05, 0.1) is 5.56 Å². The number of rotatable bonds is 8. The molecule has 1 heterocycles. The maximum Gasteiger partial charge on any atom is 0.252 e. The monoisotopic (exact) mass is 313 g/mol. The zero-order valence-corrected chi connectivity index (χ0v) is 13.6. The normalized spacial score (nSPS) is 10.3. The third-order valence-corrected chi connectivity index (χ3v) is 3.39. The number of amides is 1. The molecule has 1 amide bonds. The van der Waals surface area contributed by atoms with Gasteiger partial charge in [-0.1, -0.05) is 29.8 Å². The van der Waals surface area contributed by atoms with Crippen LogP contribution in [-0.2, 0) is 11.3 Å². The van der Waals surface area contributed by atoms with Crippen molar-refractivity contribution in [3.8, 4) is 0 Å². The molecule has 5 heteroatoms. The Morgan fingerprint density at radius 1 is 1.26 bits per heavy atom. The lowest BCUT2D eigenvalue weighted by molar-refractivity contribution is 0.0948. The van der Waals surface area contributed by atoms with Crippen molar-refractivity contribution in [2.45, 2.75) is 19.9 Å². The summed E-state index contributed by atoms with van der Waals surface area (Å²) in [7, 11) is 1.65. The largest absolute Gasteiger partial charge is 0.385 e. The quantitative estimate of drug-likeness (QED) is 0.736. The molecule has 0 unspecified atom stereocenters. The second kappa shape index (κ2) is 8.90. The summed E-state index contributed by atoms with van der Waals surface area (Å²) in [5, 5.41) is 6.09. The Hall–Kier alpha value is -2.40. The van der Waals surface area contributed by atoms with Gasteiger partial charge in [0.1, 0.15) is 5.82 Å². The van der Waals surface area contributed by atoms with Crippen LogP contribution in [0.25, 0.3) is 0 Å². The Labute approximate surface area is 137 Å². The SMILES string of the molecule is COCCCNC(=O)c1ccc(NCc2cccc(C)c2)nc1. The first kappa shape index (κ1) is 17.0. The molecule has 2 rings (SSSR count). The van der Waals surface area contributed by atoms with Gasteiger partial charge in [-0.3, -0.25) is 4.79 Å². The van der Waals surface area contributed by atoms with E-state index in [0.717, 1.165) is 12.2 Å². The standard InChI is InChI=1S/C18H23N3O2/c1-14-5-3-6-15(11-14)12-20-17-8-7-16(13-21-17)18(22)19-9-4-10-23-2/h3,5-8,11,13H,4,9-10,12H2,1-2H3,(H,19,22)(H,20,21). The number of pyridine rings is 1. The van der Waals surface area contributed by atoms with E-state index in [9.17, 15) is 4.79 Å². The van der Waals surface area contributed by atoms with E-state index in [1.165, 1.54) is 11.1 Å². The summed E-state index contributed by atoms with van der Waals surface area (Å²) in [5.74, 6) is 0.640. The van der Waals surface area contributed by atoms with Gasteiger partial charge < -0.3 is 15.4 Å². The van der Waals surface area contributed by atoms with E-state index in [4.69, 9.17) is 4.74 Å². The van der Waals surface area contributed by atoms with Crippen molar-refractivity contribution in [2.24, 2.45) is 0 Å². The summed E-state index contributed by atoms with van der Waals surface area (Å²) >= 11 is 0. The fourth-order valence-corrected chi connectivity index (χ4v) is 2.17. The number of nitrogens with one attached hydrogen (secondary N) is 2. The molecule has 0 saturated heterocycles. The molecule has 0 fully saturated rings.